The topological polar surface area (TPSA) is 127 Å². The highest BCUT2D eigenvalue weighted by molar-refractivity contribution is 5.93. The summed E-state index contributed by atoms with van der Waals surface area (Å²) >= 11 is 0. The minimum Gasteiger partial charge on any atom is -0.347 e. The minimum absolute atomic E-state index is 0.00212. The van der Waals surface area contributed by atoms with Crippen molar-refractivity contribution in [3.63, 3.8) is 0 Å². The standard InChI is InChI=1S/C26H29F4N7O3/c1-13-20(36-40-35-13)23(39)34-22(15-4-7-25(27,28)8-5-15)18-12-37-9-6-17(31-24(37)32-18)21(14-2-3-14)33-19(38)10-16-11-26(16,29)30/h6,9,12,14-16,21-22H,2-5,7-8,10-11H2,1H3,(H,33,38)(H,34,39)/t16-,21-,22+/m1/s1. The van der Waals surface area contributed by atoms with E-state index in [2.05, 4.69) is 35.5 Å². The van der Waals surface area contributed by atoms with Gasteiger partial charge in [0.15, 0.2) is 5.69 Å². The quantitative estimate of drug-likeness (QED) is 0.371. The maximum Gasteiger partial charge on any atom is 0.276 e. The highest BCUT2D eigenvalue weighted by Gasteiger charge is 2.57. The van der Waals surface area contributed by atoms with Gasteiger partial charge in [-0.2, -0.15) is 0 Å². The molecule has 3 atom stereocenters. The van der Waals surface area contributed by atoms with Crippen LogP contribution in [0.2, 0.25) is 0 Å². The number of imidazole rings is 1. The third-order valence-electron chi connectivity index (χ3n) is 8.19. The number of rotatable bonds is 9. The van der Waals surface area contributed by atoms with E-state index in [0.717, 1.165) is 12.8 Å². The van der Waals surface area contributed by atoms with E-state index < -0.39 is 41.7 Å². The van der Waals surface area contributed by atoms with Crippen molar-refractivity contribution >= 4 is 17.6 Å². The summed E-state index contributed by atoms with van der Waals surface area (Å²) in [5, 5.41) is 13.1. The molecule has 3 aromatic heterocycles. The molecule has 3 aliphatic carbocycles. The highest BCUT2D eigenvalue weighted by atomic mass is 19.3. The molecular weight excluding hydrogens is 534 g/mol. The first-order valence-electron chi connectivity index (χ1n) is 13.5. The molecule has 0 radical (unpaired) electrons. The lowest BCUT2D eigenvalue weighted by Gasteiger charge is -2.33. The fourth-order valence-corrected chi connectivity index (χ4v) is 5.51. The Hall–Kier alpha value is -3.58. The molecule has 3 heterocycles. The number of nitrogens with one attached hydrogen (secondary N) is 2. The number of halogens is 4. The van der Waals surface area contributed by atoms with Gasteiger partial charge in [-0.05, 0) is 55.7 Å². The van der Waals surface area contributed by atoms with Crippen LogP contribution in [0.15, 0.2) is 23.1 Å². The first-order chi connectivity index (χ1) is 19.0. The van der Waals surface area contributed by atoms with Crippen molar-refractivity contribution in [3.8, 4) is 0 Å². The van der Waals surface area contributed by atoms with Gasteiger partial charge in [0.25, 0.3) is 11.8 Å². The number of aryl methyl sites for hydroxylation is 1. The van der Waals surface area contributed by atoms with Gasteiger partial charge in [-0.1, -0.05) is 5.16 Å². The van der Waals surface area contributed by atoms with Crippen LogP contribution >= 0.6 is 0 Å². The first kappa shape index (κ1) is 26.6. The third kappa shape index (κ3) is 5.52. The van der Waals surface area contributed by atoms with Gasteiger partial charge >= 0.3 is 0 Å². The second-order valence-electron chi connectivity index (χ2n) is 11.3. The molecule has 10 nitrogen and oxygen atoms in total. The molecule has 0 saturated heterocycles. The molecule has 0 spiro atoms. The number of alkyl halides is 4. The van der Waals surface area contributed by atoms with E-state index in [9.17, 15) is 27.2 Å². The Morgan fingerprint density at radius 3 is 2.30 bits per heavy atom. The number of nitrogens with zero attached hydrogens (tertiary/aromatic N) is 5. The zero-order chi connectivity index (χ0) is 28.2. The number of fused-ring (bicyclic) bond motifs is 1. The Kier molecular flexibility index (Phi) is 6.53. The number of carbonyl (C=O) groups is 2. The predicted octanol–water partition coefficient (Wildman–Crippen LogP) is 4.33. The van der Waals surface area contributed by atoms with Crippen LogP contribution in [0.1, 0.15) is 91.0 Å². The number of hydrogen-bond acceptors (Lipinski definition) is 7. The average Bonchev–Trinajstić information content (AvgIpc) is 3.72. The Balaban J connectivity index is 1.25. The molecule has 3 saturated carbocycles. The third-order valence-corrected chi connectivity index (χ3v) is 8.19. The molecule has 6 rings (SSSR count). The van der Waals surface area contributed by atoms with Crippen molar-refractivity contribution in [2.75, 3.05) is 0 Å². The maximum atomic E-state index is 13.9. The molecule has 3 aliphatic rings. The van der Waals surface area contributed by atoms with Crippen molar-refractivity contribution in [2.45, 2.75) is 82.2 Å². The highest BCUT2D eigenvalue weighted by Crippen LogP contribution is 2.51. The summed E-state index contributed by atoms with van der Waals surface area (Å²) in [4.78, 5) is 34.8. The van der Waals surface area contributed by atoms with Gasteiger partial charge in [0.2, 0.25) is 17.6 Å². The largest absolute Gasteiger partial charge is 0.347 e. The maximum absolute atomic E-state index is 13.9. The molecule has 0 aromatic carbocycles. The first-order valence-corrected chi connectivity index (χ1v) is 13.5. The van der Waals surface area contributed by atoms with Crippen LogP contribution in [0.4, 0.5) is 17.6 Å². The SMILES string of the molecule is Cc1nonc1C(=O)N[C@H](c1cn2ccc([C@H](NC(=O)C[C@@H]3CC3(F)F)C3CC3)nc2n1)C1CCC(F)(F)CC1. The van der Waals surface area contributed by atoms with Crippen molar-refractivity contribution in [1.82, 2.24) is 35.3 Å². The van der Waals surface area contributed by atoms with Gasteiger partial charge in [0, 0.05) is 44.0 Å². The van der Waals surface area contributed by atoms with E-state index in [-0.39, 0.29) is 56.1 Å². The Morgan fingerprint density at radius 2 is 1.68 bits per heavy atom. The summed E-state index contributed by atoms with van der Waals surface area (Å²) in [6.07, 6.45) is 4.49. The Labute approximate surface area is 226 Å². The van der Waals surface area contributed by atoms with Gasteiger partial charge in [0.05, 0.1) is 23.5 Å². The summed E-state index contributed by atoms with van der Waals surface area (Å²) < 4.78 is 60.8. The minimum atomic E-state index is -2.76. The van der Waals surface area contributed by atoms with Crippen LogP contribution in [-0.2, 0) is 4.79 Å². The van der Waals surface area contributed by atoms with Gasteiger partial charge in [0.1, 0.15) is 5.69 Å². The lowest BCUT2D eigenvalue weighted by Crippen LogP contribution is -2.37. The molecule has 0 unspecified atom stereocenters. The molecule has 0 aliphatic heterocycles. The van der Waals surface area contributed by atoms with Crippen LogP contribution in [0.3, 0.4) is 0 Å². The molecule has 2 amide bonds. The van der Waals surface area contributed by atoms with E-state index >= 15 is 0 Å². The molecule has 2 N–H and O–H groups in total. The van der Waals surface area contributed by atoms with E-state index in [0.29, 0.717) is 22.9 Å². The summed E-state index contributed by atoms with van der Waals surface area (Å²) in [7, 11) is 0. The molecule has 40 heavy (non-hydrogen) atoms. The van der Waals surface area contributed by atoms with E-state index in [1.165, 1.54) is 0 Å². The van der Waals surface area contributed by atoms with Crippen molar-refractivity contribution in [3.05, 3.63) is 41.2 Å². The van der Waals surface area contributed by atoms with E-state index in [1.54, 1.807) is 29.8 Å². The normalized spacial score (nSPS) is 23.5. The fraction of sp³-hybridized carbons (Fsp3) is 0.615. The lowest BCUT2D eigenvalue weighted by molar-refractivity contribution is -0.123. The van der Waals surface area contributed by atoms with Crippen LogP contribution in [-0.4, -0.2) is 48.3 Å². The van der Waals surface area contributed by atoms with Gasteiger partial charge in [-0.3, -0.25) is 14.0 Å². The van der Waals surface area contributed by atoms with Gasteiger partial charge in [-0.25, -0.2) is 32.2 Å². The summed E-state index contributed by atoms with van der Waals surface area (Å²) in [6, 6.07) is 0.625. The fourth-order valence-electron chi connectivity index (χ4n) is 5.51. The molecular formula is C26H29F4N7O3. The molecule has 3 fully saturated rings. The molecule has 14 heteroatoms. The van der Waals surface area contributed by atoms with Crippen molar-refractivity contribution in [2.24, 2.45) is 17.8 Å². The van der Waals surface area contributed by atoms with Crippen LogP contribution in [0.25, 0.3) is 5.78 Å². The number of hydrogen-bond donors (Lipinski definition) is 2. The molecule has 214 valence electrons. The zero-order valence-corrected chi connectivity index (χ0v) is 21.7. The van der Waals surface area contributed by atoms with E-state index in [4.69, 9.17) is 0 Å². The smallest absolute Gasteiger partial charge is 0.276 e. The van der Waals surface area contributed by atoms with Gasteiger partial charge < -0.3 is 10.6 Å². The van der Waals surface area contributed by atoms with Gasteiger partial charge in [-0.15, -0.1) is 0 Å². The summed E-state index contributed by atoms with van der Waals surface area (Å²) in [5.41, 5.74) is 1.31. The average molecular weight is 564 g/mol. The summed E-state index contributed by atoms with van der Waals surface area (Å²) in [6.45, 7) is 1.57. The van der Waals surface area contributed by atoms with Crippen molar-refractivity contribution in [1.29, 1.82) is 0 Å². The van der Waals surface area contributed by atoms with Crippen LogP contribution in [0.5, 0.6) is 0 Å². The molecule has 0 bridgehead atoms. The zero-order valence-electron chi connectivity index (χ0n) is 21.7. The predicted molar refractivity (Wildman–Crippen MR) is 130 cm³/mol. The summed E-state index contributed by atoms with van der Waals surface area (Å²) in [5.74, 6) is -7.25. The van der Waals surface area contributed by atoms with Crippen molar-refractivity contribution < 1.29 is 31.8 Å². The lowest BCUT2D eigenvalue weighted by atomic mass is 9.81. The number of aromatic nitrogens is 5. The monoisotopic (exact) mass is 563 g/mol. The molecule has 3 aromatic rings. The number of amides is 2. The Morgan fingerprint density at radius 1 is 1.02 bits per heavy atom. The van der Waals surface area contributed by atoms with Crippen LogP contribution < -0.4 is 10.6 Å². The van der Waals surface area contributed by atoms with Crippen LogP contribution in [0, 0.1) is 24.7 Å². The van der Waals surface area contributed by atoms with E-state index in [1.807, 2.05) is 0 Å². The second-order valence-corrected chi connectivity index (χ2v) is 11.3. The second kappa shape index (κ2) is 9.81. The number of carbonyl (C=O) groups excluding carboxylic acids is 2. The Bertz CT molecular complexity index is 1430.